The lowest BCUT2D eigenvalue weighted by Crippen LogP contribution is -2.21. The van der Waals surface area contributed by atoms with E-state index in [0.717, 1.165) is 6.42 Å². The van der Waals surface area contributed by atoms with Crippen molar-refractivity contribution in [2.24, 2.45) is 0 Å². The predicted octanol–water partition coefficient (Wildman–Crippen LogP) is 2.93. The van der Waals surface area contributed by atoms with Crippen molar-refractivity contribution >= 4 is 27.5 Å². The molecule has 2 atom stereocenters. The molecule has 1 saturated carbocycles. The van der Waals surface area contributed by atoms with Crippen LogP contribution < -0.4 is 0 Å². The molecule has 2 unspecified atom stereocenters. The summed E-state index contributed by atoms with van der Waals surface area (Å²) in [6.45, 7) is 2.10. The topological polar surface area (TPSA) is 0 Å². The number of alkyl halides is 2. The summed E-state index contributed by atoms with van der Waals surface area (Å²) in [5.74, 6) is 0. The molecule has 1 rings (SSSR count). The molecule has 2 heteroatoms. The number of hydrogen-bond acceptors (Lipinski definition) is 0. The van der Waals surface area contributed by atoms with Crippen LogP contribution in [0.5, 0.6) is 0 Å². The zero-order valence-corrected chi connectivity index (χ0v) is 7.30. The highest BCUT2D eigenvalue weighted by molar-refractivity contribution is 9.09. The average Bonchev–Trinajstić information content (AvgIpc) is 1.86. The van der Waals surface area contributed by atoms with Crippen molar-refractivity contribution in [3.8, 4) is 0 Å². The second-order valence-corrected chi connectivity index (χ2v) is 4.61. The van der Waals surface area contributed by atoms with E-state index in [4.69, 9.17) is 11.6 Å². The van der Waals surface area contributed by atoms with E-state index in [1.54, 1.807) is 0 Å². The van der Waals surface area contributed by atoms with Gasteiger partial charge in [-0.05, 0) is 19.8 Å². The Morgan fingerprint density at radius 1 is 1.75 bits per heavy atom. The van der Waals surface area contributed by atoms with E-state index in [1.165, 1.54) is 12.8 Å². The van der Waals surface area contributed by atoms with E-state index in [2.05, 4.69) is 22.9 Å². The average molecular weight is 198 g/mol. The third kappa shape index (κ3) is 1.19. The fourth-order valence-corrected chi connectivity index (χ4v) is 1.88. The van der Waals surface area contributed by atoms with Gasteiger partial charge >= 0.3 is 0 Å². The van der Waals surface area contributed by atoms with Crippen LogP contribution in [-0.2, 0) is 0 Å². The molecular formula is C6H10BrCl. The number of hydrogen-bond donors (Lipinski definition) is 0. The maximum atomic E-state index is 6.07. The summed E-state index contributed by atoms with van der Waals surface area (Å²) in [7, 11) is 0. The van der Waals surface area contributed by atoms with Gasteiger partial charge in [0.1, 0.15) is 0 Å². The molecule has 0 spiro atoms. The highest BCUT2D eigenvalue weighted by Crippen LogP contribution is 2.39. The van der Waals surface area contributed by atoms with Crippen molar-refractivity contribution in [2.75, 3.05) is 0 Å². The van der Waals surface area contributed by atoms with Gasteiger partial charge in [-0.25, -0.2) is 0 Å². The smallest absolute Gasteiger partial charge is 0.0543 e. The fourth-order valence-electron chi connectivity index (χ4n) is 1.08. The van der Waals surface area contributed by atoms with Crippen LogP contribution in [0, 0.1) is 0 Å². The Labute approximate surface area is 63.7 Å². The highest BCUT2D eigenvalue weighted by atomic mass is 79.9. The van der Waals surface area contributed by atoms with Gasteiger partial charge in [0.15, 0.2) is 0 Å². The molecule has 0 saturated heterocycles. The van der Waals surface area contributed by atoms with Gasteiger partial charge in [-0.2, -0.15) is 0 Å². The van der Waals surface area contributed by atoms with E-state index >= 15 is 0 Å². The second kappa shape index (κ2) is 2.18. The molecule has 0 amide bonds. The molecule has 0 radical (unpaired) electrons. The molecule has 8 heavy (non-hydrogen) atoms. The molecular weight excluding hydrogens is 187 g/mol. The number of rotatable bonds is 0. The minimum Gasteiger partial charge on any atom is -0.118 e. The molecule has 0 aromatic rings. The van der Waals surface area contributed by atoms with Gasteiger partial charge in [0, 0.05) is 4.83 Å². The summed E-state index contributed by atoms with van der Waals surface area (Å²) in [4.78, 5) is 0.580. The van der Waals surface area contributed by atoms with Crippen molar-refractivity contribution in [3.63, 3.8) is 0 Å². The molecule has 0 bridgehead atoms. The molecule has 0 aromatic carbocycles. The van der Waals surface area contributed by atoms with E-state index in [9.17, 15) is 0 Å². The van der Waals surface area contributed by atoms with Crippen LogP contribution >= 0.6 is 27.5 Å². The maximum absolute atomic E-state index is 6.07. The SMILES string of the molecule is CC1(Cl)CCCC1Br. The first-order chi connectivity index (χ1) is 3.63. The lowest BCUT2D eigenvalue weighted by atomic mass is 10.1. The molecule has 0 N–H and O–H groups in total. The van der Waals surface area contributed by atoms with Gasteiger partial charge in [-0.1, -0.05) is 22.4 Å². The van der Waals surface area contributed by atoms with Gasteiger partial charge in [-0.15, -0.1) is 11.6 Å². The Kier molecular flexibility index (Phi) is 1.88. The van der Waals surface area contributed by atoms with Crippen molar-refractivity contribution in [1.82, 2.24) is 0 Å². The van der Waals surface area contributed by atoms with Crippen LogP contribution in [0.25, 0.3) is 0 Å². The third-order valence-electron chi connectivity index (χ3n) is 1.78. The third-order valence-corrected chi connectivity index (χ3v) is 3.96. The van der Waals surface area contributed by atoms with Gasteiger partial charge in [0.25, 0.3) is 0 Å². The quantitative estimate of drug-likeness (QED) is 0.524. The van der Waals surface area contributed by atoms with Gasteiger partial charge < -0.3 is 0 Å². The fraction of sp³-hybridized carbons (Fsp3) is 1.00. The summed E-state index contributed by atoms with van der Waals surface area (Å²) < 4.78 is 0. The van der Waals surface area contributed by atoms with Gasteiger partial charge in [0.05, 0.1) is 4.87 Å². The standard InChI is InChI=1S/C6H10BrCl/c1-6(8)4-2-3-5(6)7/h5H,2-4H2,1H3. The van der Waals surface area contributed by atoms with Crippen molar-refractivity contribution in [1.29, 1.82) is 0 Å². The molecule has 1 aliphatic rings. The van der Waals surface area contributed by atoms with Crippen LogP contribution in [0.2, 0.25) is 0 Å². The molecule has 0 heterocycles. The Hall–Kier alpha value is 0.770. The van der Waals surface area contributed by atoms with E-state index < -0.39 is 0 Å². The second-order valence-electron chi connectivity index (χ2n) is 2.64. The summed E-state index contributed by atoms with van der Waals surface area (Å²) in [6, 6.07) is 0. The summed E-state index contributed by atoms with van der Waals surface area (Å²) in [5.41, 5.74) is 0. The first-order valence-electron chi connectivity index (χ1n) is 2.96. The highest BCUT2D eigenvalue weighted by Gasteiger charge is 2.34. The van der Waals surface area contributed by atoms with Crippen LogP contribution in [0.4, 0.5) is 0 Å². The van der Waals surface area contributed by atoms with Crippen molar-refractivity contribution < 1.29 is 0 Å². The number of halogens is 2. The largest absolute Gasteiger partial charge is 0.118 e. The van der Waals surface area contributed by atoms with Crippen LogP contribution in [0.15, 0.2) is 0 Å². The first kappa shape index (κ1) is 6.88. The summed E-state index contributed by atoms with van der Waals surface area (Å²) in [6.07, 6.45) is 3.67. The Balaban J connectivity index is 2.54. The molecule has 1 aliphatic carbocycles. The minimum atomic E-state index is 0.0417. The molecule has 0 aromatic heterocycles. The van der Waals surface area contributed by atoms with Crippen LogP contribution in [0.1, 0.15) is 26.2 Å². The maximum Gasteiger partial charge on any atom is 0.0543 e. The minimum absolute atomic E-state index is 0.0417. The van der Waals surface area contributed by atoms with Crippen molar-refractivity contribution in [2.45, 2.75) is 35.9 Å². The lowest BCUT2D eigenvalue weighted by Gasteiger charge is -2.17. The molecule has 0 nitrogen and oxygen atoms in total. The van der Waals surface area contributed by atoms with Crippen LogP contribution in [0.3, 0.4) is 0 Å². The summed E-state index contributed by atoms with van der Waals surface area (Å²) >= 11 is 9.60. The molecule has 48 valence electrons. The Bertz CT molecular complexity index is 90.5. The first-order valence-corrected chi connectivity index (χ1v) is 4.25. The van der Waals surface area contributed by atoms with E-state index in [-0.39, 0.29) is 4.87 Å². The monoisotopic (exact) mass is 196 g/mol. The summed E-state index contributed by atoms with van der Waals surface area (Å²) in [5, 5.41) is 0. The van der Waals surface area contributed by atoms with Gasteiger partial charge in [0.2, 0.25) is 0 Å². The van der Waals surface area contributed by atoms with Gasteiger partial charge in [-0.3, -0.25) is 0 Å². The van der Waals surface area contributed by atoms with Crippen LogP contribution in [-0.4, -0.2) is 9.70 Å². The lowest BCUT2D eigenvalue weighted by molar-refractivity contribution is 0.677. The van der Waals surface area contributed by atoms with E-state index in [1.807, 2.05) is 0 Å². The zero-order valence-electron chi connectivity index (χ0n) is 4.95. The molecule has 1 fully saturated rings. The Morgan fingerprint density at radius 2 is 2.38 bits per heavy atom. The normalized spacial score (nSPS) is 47.6. The Morgan fingerprint density at radius 3 is 2.50 bits per heavy atom. The predicted molar refractivity (Wildman–Crippen MR) is 40.8 cm³/mol. The van der Waals surface area contributed by atoms with E-state index in [0.29, 0.717) is 4.83 Å². The van der Waals surface area contributed by atoms with Crippen molar-refractivity contribution in [3.05, 3.63) is 0 Å². The molecule has 0 aliphatic heterocycles. The zero-order chi connectivity index (χ0) is 6.20.